The van der Waals surface area contributed by atoms with Crippen LogP contribution in [0.4, 0.5) is 0 Å². The van der Waals surface area contributed by atoms with Gasteiger partial charge in [0.25, 0.3) is 11.8 Å². The van der Waals surface area contributed by atoms with Crippen LogP contribution in [0.25, 0.3) is 22.8 Å². The number of carbonyl (C=O) groups is 1. The van der Waals surface area contributed by atoms with Crippen LogP contribution in [0.5, 0.6) is 0 Å². The molecule has 0 atom stereocenters. The Kier molecular flexibility index (Phi) is 4.75. The Morgan fingerprint density at radius 3 is 2.44 bits per heavy atom. The maximum absolute atomic E-state index is 13.1. The minimum Gasteiger partial charge on any atom is -0.339 e. The maximum Gasteiger partial charge on any atom is 0.259 e. The van der Waals surface area contributed by atoms with Crippen molar-refractivity contribution in [3.63, 3.8) is 0 Å². The van der Waals surface area contributed by atoms with E-state index in [0.29, 0.717) is 28.8 Å². The van der Waals surface area contributed by atoms with Gasteiger partial charge >= 0.3 is 0 Å². The van der Waals surface area contributed by atoms with Crippen molar-refractivity contribution in [3.05, 3.63) is 59.7 Å². The second-order valence-corrected chi connectivity index (χ2v) is 7.26. The predicted octanol–water partition coefficient (Wildman–Crippen LogP) is 4.58. The summed E-state index contributed by atoms with van der Waals surface area (Å²) in [5.74, 6) is 1.63. The molecule has 0 aliphatic carbocycles. The van der Waals surface area contributed by atoms with Crippen molar-refractivity contribution in [1.29, 1.82) is 0 Å². The summed E-state index contributed by atoms with van der Waals surface area (Å²) in [6, 6.07) is 15.4. The lowest BCUT2D eigenvalue weighted by Gasteiger charge is -2.30. The Labute approximate surface area is 159 Å². The smallest absolute Gasteiger partial charge is 0.259 e. The fourth-order valence-corrected chi connectivity index (χ4v) is 3.50. The van der Waals surface area contributed by atoms with Crippen LogP contribution >= 0.6 is 0 Å². The van der Waals surface area contributed by atoms with Crippen LogP contribution in [0, 0.1) is 12.8 Å². The van der Waals surface area contributed by atoms with Crippen LogP contribution in [-0.2, 0) is 0 Å². The van der Waals surface area contributed by atoms with Gasteiger partial charge in [0.1, 0.15) is 0 Å². The van der Waals surface area contributed by atoms with Crippen molar-refractivity contribution in [2.45, 2.75) is 26.7 Å². The van der Waals surface area contributed by atoms with E-state index in [1.54, 1.807) is 0 Å². The van der Waals surface area contributed by atoms with Crippen LogP contribution < -0.4 is 0 Å². The molecule has 1 aliphatic heterocycles. The molecule has 0 bridgehead atoms. The molecule has 4 rings (SSSR count). The molecule has 3 aromatic rings. The Balaban J connectivity index is 1.66. The van der Waals surface area contributed by atoms with E-state index in [1.165, 1.54) is 0 Å². The maximum atomic E-state index is 13.1. The molecule has 5 heteroatoms. The van der Waals surface area contributed by atoms with Crippen LogP contribution in [0.15, 0.2) is 53.1 Å². The van der Waals surface area contributed by atoms with Crippen molar-refractivity contribution >= 4 is 5.91 Å². The zero-order chi connectivity index (χ0) is 18.8. The van der Waals surface area contributed by atoms with Gasteiger partial charge in [0.05, 0.1) is 11.1 Å². The lowest BCUT2D eigenvalue weighted by atomic mass is 9.98. The van der Waals surface area contributed by atoms with Crippen LogP contribution in [-0.4, -0.2) is 34.0 Å². The summed E-state index contributed by atoms with van der Waals surface area (Å²) >= 11 is 0. The molecule has 5 nitrogen and oxygen atoms in total. The Morgan fingerprint density at radius 2 is 1.70 bits per heavy atom. The monoisotopic (exact) mass is 361 g/mol. The summed E-state index contributed by atoms with van der Waals surface area (Å²) in [6.45, 7) is 5.85. The van der Waals surface area contributed by atoms with Crippen molar-refractivity contribution in [2.75, 3.05) is 13.1 Å². The summed E-state index contributed by atoms with van der Waals surface area (Å²) in [5.41, 5.74) is 3.32. The molecular formula is C22H23N3O2. The van der Waals surface area contributed by atoms with Gasteiger partial charge in [0.15, 0.2) is 0 Å². The number of piperidine rings is 1. The highest BCUT2D eigenvalue weighted by Crippen LogP contribution is 2.28. The van der Waals surface area contributed by atoms with Gasteiger partial charge in [-0.2, -0.15) is 4.98 Å². The lowest BCUT2D eigenvalue weighted by Crippen LogP contribution is -2.38. The van der Waals surface area contributed by atoms with E-state index in [9.17, 15) is 4.79 Å². The number of likely N-dealkylation sites (tertiary alicyclic amines) is 1. The van der Waals surface area contributed by atoms with Crippen molar-refractivity contribution in [3.8, 4) is 22.8 Å². The van der Waals surface area contributed by atoms with Crippen molar-refractivity contribution in [2.24, 2.45) is 5.92 Å². The van der Waals surface area contributed by atoms with E-state index in [2.05, 4.69) is 17.1 Å². The molecule has 2 heterocycles. The molecule has 0 radical (unpaired) electrons. The zero-order valence-corrected chi connectivity index (χ0v) is 15.7. The van der Waals surface area contributed by atoms with Gasteiger partial charge < -0.3 is 9.42 Å². The van der Waals surface area contributed by atoms with Gasteiger partial charge in [-0.1, -0.05) is 48.5 Å². The number of aryl methyl sites for hydroxylation is 1. The van der Waals surface area contributed by atoms with E-state index >= 15 is 0 Å². The molecule has 1 aromatic heterocycles. The topological polar surface area (TPSA) is 59.2 Å². The molecule has 0 spiro atoms. The third kappa shape index (κ3) is 3.50. The van der Waals surface area contributed by atoms with Gasteiger partial charge in [-0.05, 0) is 43.4 Å². The summed E-state index contributed by atoms with van der Waals surface area (Å²) in [4.78, 5) is 19.6. The third-order valence-corrected chi connectivity index (χ3v) is 5.27. The van der Waals surface area contributed by atoms with Gasteiger partial charge in [0, 0.05) is 18.7 Å². The first kappa shape index (κ1) is 17.5. The normalized spacial score (nSPS) is 15.1. The highest BCUT2D eigenvalue weighted by Gasteiger charge is 2.25. The number of rotatable bonds is 3. The van der Waals surface area contributed by atoms with Gasteiger partial charge in [-0.25, -0.2) is 0 Å². The quantitative estimate of drug-likeness (QED) is 0.685. The molecule has 1 fully saturated rings. The molecule has 2 aromatic carbocycles. The lowest BCUT2D eigenvalue weighted by molar-refractivity contribution is 0.0697. The zero-order valence-electron chi connectivity index (χ0n) is 15.7. The van der Waals surface area contributed by atoms with Gasteiger partial charge in [-0.15, -0.1) is 0 Å². The van der Waals surface area contributed by atoms with E-state index in [-0.39, 0.29) is 5.91 Å². The minimum absolute atomic E-state index is 0.0353. The first-order valence-electron chi connectivity index (χ1n) is 9.42. The SMILES string of the molecule is Cc1ccccc1-c1noc(-c2ccccc2C(=O)N2CCC(C)CC2)n1. The van der Waals surface area contributed by atoms with Crippen LogP contribution in [0.2, 0.25) is 0 Å². The summed E-state index contributed by atoms with van der Waals surface area (Å²) in [5, 5.41) is 4.14. The molecule has 27 heavy (non-hydrogen) atoms. The van der Waals surface area contributed by atoms with Crippen LogP contribution in [0.3, 0.4) is 0 Å². The first-order chi connectivity index (χ1) is 13.1. The second-order valence-electron chi connectivity index (χ2n) is 7.26. The molecule has 0 N–H and O–H groups in total. The highest BCUT2D eigenvalue weighted by atomic mass is 16.5. The fourth-order valence-electron chi connectivity index (χ4n) is 3.50. The van der Waals surface area contributed by atoms with Crippen molar-refractivity contribution < 1.29 is 9.32 Å². The molecular weight excluding hydrogens is 338 g/mol. The number of hydrogen-bond acceptors (Lipinski definition) is 4. The molecule has 0 saturated carbocycles. The minimum atomic E-state index is 0.0353. The average Bonchev–Trinajstić information content (AvgIpc) is 3.18. The number of aromatic nitrogens is 2. The van der Waals surface area contributed by atoms with E-state index in [1.807, 2.05) is 60.4 Å². The number of benzene rings is 2. The van der Waals surface area contributed by atoms with Gasteiger partial charge in [-0.3, -0.25) is 4.79 Å². The Hall–Kier alpha value is -2.95. The number of hydrogen-bond donors (Lipinski definition) is 0. The number of amides is 1. The van der Waals surface area contributed by atoms with Gasteiger partial charge in [0.2, 0.25) is 5.82 Å². The standard InChI is InChI=1S/C22H23N3O2/c1-15-11-13-25(14-12-15)22(26)19-10-6-5-9-18(19)21-23-20(24-27-21)17-8-4-3-7-16(17)2/h3-10,15H,11-14H2,1-2H3. The first-order valence-corrected chi connectivity index (χ1v) is 9.42. The third-order valence-electron chi connectivity index (χ3n) is 5.27. The molecule has 0 unspecified atom stereocenters. The summed E-state index contributed by atoms with van der Waals surface area (Å²) in [6.07, 6.45) is 2.10. The van der Waals surface area contributed by atoms with E-state index < -0.39 is 0 Å². The van der Waals surface area contributed by atoms with E-state index in [4.69, 9.17) is 4.52 Å². The van der Waals surface area contributed by atoms with Crippen molar-refractivity contribution in [1.82, 2.24) is 15.0 Å². The molecule has 138 valence electrons. The molecule has 1 amide bonds. The average molecular weight is 361 g/mol. The Bertz CT molecular complexity index is 955. The summed E-state index contributed by atoms with van der Waals surface area (Å²) < 4.78 is 5.52. The molecule has 1 saturated heterocycles. The summed E-state index contributed by atoms with van der Waals surface area (Å²) in [7, 11) is 0. The predicted molar refractivity (Wildman–Crippen MR) is 104 cm³/mol. The number of carbonyl (C=O) groups excluding carboxylic acids is 1. The van der Waals surface area contributed by atoms with E-state index in [0.717, 1.165) is 37.1 Å². The number of nitrogens with zero attached hydrogens (tertiary/aromatic N) is 3. The van der Waals surface area contributed by atoms with Crippen LogP contribution in [0.1, 0.15) is 35.7 Å². The Morgan fingerprint density at radius 1 is 1.04 bits per heavy atom. The second kappa shape index (κ2) is 7.35. The fraction of sp³-hybridized carbons (Fsp3) is 0.318. The largest absolute Gasteiger partial charge is 0.339 e. The molecule has 1 aliphatic rings. The highest BCUT2D eigenvalue weighted by molar-refractivity contribution is 6.00.